The molecule has 0 unspecified atom stereocenters. The van der Waals surface area contributed by atoms with Crippen LogP contribution in [0.3, 0.4) is 0 Å². The van der Waals surface area contributed by atoms with E-state index in [9.17, 15) is 4.79 Å². The Balaban J connectivity index is 1.59. The van der Waals surface area contributed by atoms with Crippen LogP contribution >= 0.6 is 0 Å². The molecule has 2 aromatic carbocycles. The summed E-state index contributed by atoms with van der Waals surface area (Å²) in [5.41, 5.74) is 3.18. The van der Waals surface area contributed by atoms with Crippen molar-refractivity contribution >= 4 is 17.6 Å². The molecule has 4 rings (SSSR count). The van der Waals surface area contributed by atoms with Crippen LogP contribution in [0.15, 0.2) is 60.7 Å². The van der Waals surface area contributed by atoms with E-state index in [4.69, 9.17) is 4.74 Å². The van der Waals surface area contributed by atoms with Gasteiger partial charge in [-0.15, -0.1) is 5.10 Å². The van der Waals surface area contributed by atoms with Crippen LogP contribution in [-0.2, 0) is 0 Å². The minimum atomic E-state index is -0.291. The molecule has 0 aliphatic rings. The summed E-state index contributed by atoms with van der Waals surface area (Å²) in [6.07, 6.45) is 0.931. The Labute approximate surface area is 168 Å². The second-order valence-corrected chi connectivity index (χ2v) is 6.62. The highest BCUT2D eigenvalue weighted by molar-refractivity contribution is 6.03. The van der Waals surface area contributed by atoms with Crippen molar-refractivity contribution in [2.75, 3.05) is 11.9 Å². The van der Waals surface area contributed by atoms with Crippen molar-refractivity contribution in [3.63, 3.8) is 0 Å². The summed E-state index contributed by atoms with van der Waals surface area (Å²) >= 11 is 0. The zero-order valence-corrected chi connectivity index (χ0v) is 16.3. The number of carbonyl (C=O) groups is 1. The average molecular weight is 387 g/mol. The molecule has 0 aliphatic heterocycles. The molecule has 7 heteroatoms. The lowest BCUT2D eigenvalue weighted by Gasteiger charge is -2.05. The first kappa shape index (κ1) is 18.6. The van der Waals surface area contributed by atoms with Gasteiger partial charge in [-0.05, 0) is 43.7 Å². The van der Waals surface area contributed by atoms with Crippen LogP contribution in [0, 0.1) is 6.92 Å². The molecule has 29 heavy (non-hydrogen) atoms. The average Bonchev–Trinajstić information content (AvgIpc) is 3.14. The van der Waals surface area contributed by atoms with Crippen LogP contribution in [0.2, 0.25) is 0 Å². The van der Waals surface area contributed by atoms with Gasteiger partial charge in [0.25, 0.3) is 17.6 Å². The smallest absolute Gasteiger partial charge is 0.258 e. The van der Waals surface area contributed by atoms with Crippen molar-refractivity contribution in [3.05, 3.63) is 71.9 Å². The normalized spacial score (nSPS) is 10.8. The molecule has 0 saturated heterocycles. The summed E-state index contributed by atoms with van der Waals surface area (Å²) in [6, 6.07) is 18.8. The van der Waals surface area contributed by atoms with Crippen LogP contribution in [0.25, 0.3) is 17.0 Å². The molecule has 0 atom stereocenters. The zero-order valence-electron chi connectivity index (χ0n) is 16.3. The minimum Gasteiger partial charge on any atom is -0.494 e. The predicted molar refractivity (Wildman–Crippen MR) is 111 cm³/mol. The van der Waals surface area contributed by atoms with Crippen LogP contribution in [0.4, 0.5) is 5.95 Å². The summed E-state index contributed by atoms with van der Waals surface area (Å²) < 4.78 is 7.18. The first-order chi connectivity index (χ1) is 14.1. The molecule has 0 aliphatic carbocycles. The molecular weight excluding hydrogens is 366 g/mol. The Bertz CT molecular complexity index is 1140. The Morgan fingerprint density at radius 2 is 1.83 bits per heavy atom. The van der Waals surface area contributed by atoms with E-state index in [1.807, 2.05) is 50.2 Å². The van der Waals surface area contributed by atoms with Gasteiger partial charge in [-0.1, -0.05) is 37.3 Å². The third kappa shape index (κ3) is 4.08. The third-order valence-corrected chi connectivity index (χ3v) is 4.32. The fraction of sp³-hybridized carbons (Fsp3) is 0.182. The van der Waals surface area contributed by atoms with Crippen molar-refractivity contribution in [3.8, 4) is 17.0 Å². The van der Waals surface area contributed by atoms with Crippen LogP contribution in [0.1, 0.15) is 29.4 Å². The Morgan fingerprint density at radius 1 is 1.07 bits per heavy atom. The standard InChI is InChI=1S/C22H21N5O2/c1-3-13-29-18-11-9-17(10-12-18)20(28)24-21-25-22-23-15(2)14-19(27(22)26-21)16-7-5-4-6-8-16/h4-12,14H,3,13H2,1-2H3,(H,24,26,28). The van der Waals surface area contributed by atoms with Gasteiger partial charge in [0.2, 0.25) is 0 Å². The number of hydrogen-bond acceptors (Lipinski definition) is 5. The van der Waals surface area contributed by atoms with Gasteiger partial charge in [0.1, 0.15) is 5.75 Å². The number of carbonyl (C=O) groups excluding carboxylic acids is 1. The number of ether oxygens (including phenoxy) is 1. The fourth-order valence-corrected chi connectivity index (χ4v) is 2.95. The number of anilines is 1. The lowest BCUT2D eigenvalue weighted by atomic mass is 10.1. The number of nitrogens with one attached hydrogen (secondary N) is 1. The summed E-state index contributed by atoms with van der Waals surface area (Å²) in [5.74, 6) is 1.08. The number of benzene rings is 2. The summed E-state index contributed by atoms with van der Waals surface area (Å²) in [7, 11) is 0. The van der Waals surface area contributed by atoms with E-state index >= 15 is 0 Å². The highest BCUT2D eigenvalue weighted by Crippen LogP contribution is 2.21. The number of fused-ring (bicyclic) bond motifs is 1. The Kier molecular flexibility index (Phi) is 5.20. The van der Waals surface area contributed by atoms with E-state index in [2.05, 4.69) is 20.4 Å². The third-order valence-electron chi connectivity index (χ3n) is 4.32. The largest absolute Gasteiger partial charge is 0.494 e. The predicted octanol–water partition coefficient (Wildman–Crippen LogP) is 4.14. The second kappa shape index (κ2) is 8.10. The summed E-state index contributed by atoms with van der Waals surface area (Å²) in [4.78, 5) is 21.4. The number of hydrogen-bond donors (Lipinski definition) is 1. The number of rotatable bonds is 6. The monoisotopic (exact) mass is 387 g/mol. The molecule has 0 fully saturated rings. The van der Waals surface area contributed by atoms with Crippen molar-refractivity contribution in [1.82, 2.24) is 19.6 Å². The highest BCUT2D eigenvalue weighted by Gasteiger charge is 2.14. The van der Waals surface area contributed by atoms with E-state index < -0.39 is 0 Å². The molecule has 0 bridgehead atoms. The van der Waals surface area contributed by atoms with Crippen molar-refractivity contribution in [2.24, 2.45) is 0 Å². The maximum atomic E-state index is 12.6. The van der Waals surface area contributed by atoms with Gasteiger partial charge >= 0.3 is 0 Å². The lowest BCUT2D eigenvalue weighted by Crippen LogP contribution is -2.13. The first-order valence-electron chi connectivity index (χ1n) is 9.48. The molecule has 2 heterocycles. The van der Waals surface area contributed by atoms with Gasteiger partial charge in [-0.3, -0.25) is 10.1 Å². The van der Waals surface area contributed by atoms with Crippen LogP contribution in [0.5, 0.6) is 5.75 Å². The lowest BCUT2D eigenvalue weighted by molar-refractivity contribution is 0.102. The van der Waals surface area contributed by atoms with Crippen LogP contribution < -0.4 is 10.1 Å². The maximum absolute atomic E-state index is 12.6. The van der Waals surface area contributed by atoms with Gasteiger partial charge in [0.05, 0.1) is 12.3 Å². The number of aryl methyl sites for hydroxylation is 1. The molecule has 0 spiro atoms. The summed E-state index contributed by atoms with van der Waals surface area (Å²) in [5, 5.41) is 7.19. The van der Waals surface area contributed by atoms with E-state index in [0.717, 1.165) is 29.1 Å². The molecule has 7 nitrogen and oxygen atoms in total. The SMILES string of the molecule is CCCOc1ccc(C(=O)Nc2nc3nc(C)cc(-c4ccccc4)n3n2)cc1. The molecule has 0 radical (unpaired) electrons. The van der Waals surface area contributed by atoms with Crippen molar-refractivity contribution in [1.29, 1.82) is 0 Å². The van der Waals surface area contributed by atoms with Gasteiger partial charge in [0.15, 0.2) is 0 Å². The zero-order chi connectivity index (χ0) is 20.2. The quantitative estimate of drug-likeness (QED) is 0.538. The molecule has 1 N–H and O–H groups in total. The Morgan fingerprint density at radius 3 is 2.55 bits per heavy atom. The molecular formula is C22H21N5O2. The van der Waals surface area contributed by atoms with Crippen LogP contribution in [-0.4, -0.2) is 32.1 Å². The maximum Gasteiger partial charge on any atom is 0.258 e. The molecule has 2 aromatic heterocycles. The van der Waals surface area contributed by atoms with Crippen molar-refractivity contribution < 1.29 is 9.53 Å². The van der Waals surface area contributed by atoms with Gasteiger partial charge in [-0.25, -0.2) is 4.98 Å². The number of amides is 1. The highest BCUT2D eigenvalue weighted by atomic mass is 16.5. The minimum absolute atomic E-state index is 0.205. The molecule has 0 saturated carbocycles. The van der Waals surface area contributed by atoms with E-state index in [0.29, 0.717) is 17.9 Å². The van der Waals surface area contributed by atoms with E-state index in [-0.39, 0.29) is 11.9 Å². The van der Waals surface area contributed by atoms with Gasteiger partial charge in [-0.2, -0.15) is 9.50 Å². The number of aromatic nitrogens is 4. The van der Waals surface area contributed by atoms with Crippen molar-refractivity contribution in [2.45, 2.75) is 20.3 Å². The topological polar surface area (TPSA) is 81.4 Å². The number of nitrogens with zero attached hydrogens (tertiary/aromatic N) is 4. The first-order valence-corrected chi connectivity index (χ1v) is 9.48. The van der Waals surface area contributed by atoms with Gasteiger partial charge in [0, 0.05) is 16.8 Å². The molecule has 146 valence electrons. The molecule has 1 amide bonds. The molecule has 4 aromatic rings. The summed E-state index contributed by atoms with van der Waals surface area (Å²) in [6.45, 7) is 4.59. The van der Waals surface area contributed by atoms with E-state index in [1.54, 1.807) is 28.8 Å². The van der Waals surface area contributed by atoms with Gasteiger partial charge < -0.3 is 4.74 Å². The second-order valence-electron chi connectivity index (χ2n) is 6.62. The Hall–Kier alpha value is -3.74. The fourth-order valence-electron chi connectivity index (χ4n) is 2.95. The van der Waals surface area contributed by atoms with E-state index in [1.165, 1.54) is 0 Å².